The highest BCUT2D eigenvalue weighted by molar-refractivity contribution is 7.89. The van der Waals surface area contributed by atoms with Crippen LogP contribution in [0, 0.1) is 6.92 Å². The lowest BCUT2D eigenvalue weighted by molar-refractivity contribution is -0.116. The summed E-state index contributed by atoms with van der Waals surface area (Å²) in [4.78, 5) is 24.9. The molecule has 8 heteroatoms. The Morgan fingerprint density at radius 2 is 1.81 bits per heavy atom. The Morgan fingerprint density at radius 3 is 2.41 bits per heavy atom. The van der Waals surface area contributed by atoms with E-state index in [2.05, 4.69) is 5.32 Å². The van der Waals surface area contributed by atoms with Gasteiger partial charge in [-0.2, -0.15) is 4.31 Å². The van der Waals surface area contributed by atoms with E-state index in [9.17, 15) is 18.0 Å². The normalized spacial score (nSPS) is 11.6. The molecule has 0 atom stereocenters. The van der Waals surface area contributed by atoms with Crippen molar-refractivity contribution in [2.24, 2.45) is 0 Å². The molecule has 0 bridgehead atoms. The first-order valence-electron chi connectivity index (χ1n) is 8.77. The fourth-order valence-corrected chi connectivity index (χ4v) is 5.07. The van der Waals surface area contributed by atoms with Crippen molar-refractivity contribution in [2.75, 3.05) is 18.4 Å². The van der Waals surface area contributed by atoms with Crippen LogP contribution in [0.5, 0.6) is 0 Å². The fraction of sp³-hybridized carbons (Fsp3) is 0.368. The van der Waals surface area contributed by atoms with Gasteiger partial charge < -0.3 is 5.32 Å². The molecule has 1 N–H and O–H groups in total. The number of benzene rings is 1. The van der Waals surface area contributed by atoms with Crippen LogP contribution in [0.2, 0.25) is 0 Å². The zero-order chi connectivity index (χ0) is 20.0. The Kier molecular flexibility index (Phi) is 7.29. The molecule has 2 aromatic rings. The molecule has 0 spiro atoms. The van der Waals surface area contributed by atoms with Gasteiger partial charge in [0.1, 0.15) is 0 Å². The van der Waals surface area contributed by atoms with Crippen LogP contribution in [0.4, 0.5) is 5.69 Å². The fourth-order valence-electron chi connectivity index (χ4n) is 2.67. The molecule has 0 saturated heterocycles. The van der Waals surface area contributed by atoms with E-state index >= 15 is 0 Å². The predicted molar refractivity (Wildman–Crippen MR) is 108 cm³/mol. The third kappa shape index (κ3) is 5.24. The van der Waals surface area contributed by atoms with Crippen molar-refractivity contribution in [1.29, 1.82) is 0 Å². The van der Waals surface area contributed by atoms with E-state index < -0.39 is 10.0 Å². The minimum Gasteiger partial charge on any atom is -0.326 e. The first-order valence-corrected chi connectivity index (χ1v) is 11.1. The van der Waals surface area contributed by atoms with Crippen LogP contribution in [0.3, 0.4) is 0 Å². The van der Waals surface area contributed by atoms with E-state index in [1.54, 1.807) is 45.0 Å². The van der Waals surface area contributed by atoms with Gasteiger partial charge in [0.2, 0.25) is 15.9 Å². The van der Waals surface area contributed by atoms with Gasteiger partial charge in [-0.25, -0.2) is 8.42 Å². The summed E-state index contributed by atoms with van der Waals surface area (Å²) in [5.74, 6) is -0.399. The average molecular weight is 409 g/mol. The van der Waals surface area contributed by atoms with E-state index in [1.165, 1.54) is 21.7 Å². The summed E-state index contributed by atoms with van der Waals surface area (Å²) < 4.78 is 26.9. The van der Waals surface area contributed by atoms with E-state index in [0.717, 1.165) is 0 Å². The first kappa shape index (κ1) is 21.3. The highest BCUT2D eigenvalue weighted by Gasteiger charge is 2.24. The number of carbonyl (C=O) groups is 2. The molecule has 2 rings (SSSR count). The third-order valence-corrected chi connectivity index (χ3v) is 7.27. The van der Waals surface area contributed by atoms with Crippen LogP contribution in [-0.2, 0) is 14.8 Å². The molecule has 146 valence electrons. The van der Waals surface area contributed by atoms with Gasteiger partial charge in [0.25, 0.3) is 0 Å². The summed E-state index contributed by atoms with van der Waals surface area (Å²) in [7, 11) is -3.62. The highest BCUT2D eigenvalue weighted by Crippen LogP contribution is 2.24. The summed E-state index contributed by atoms with van der Waals surface area (Å²) in [6.45, 7) is 6.04. The lowest BCUT2D eigenvalue weighted by atomic mass is 10.2. The molecular weight excluding hydrogens is 384 g/mol. The van der Waals surface area contributed by atoms with Crippen molar-refractivity contribution in [1.82, 2.24) is 4.31 Å². The number of rotatable bonds is 9. The van der Waals surface area contributed by atoms with Gasteiger partial charge in [-0.15, -0.1) is 11.3 Å². The van der Waals surface area contributed by atoms with Crippen molar-refractivity contribution < 1.29 is 18.0 Å². The van der Waals surface area contributed by atoms with Crippen LogP contribution in [0.1, 0.15) is 41.9 Å². The first-order chi connectivity index (χ1) is 12.8. The Balaban J connectivity index is 2.09. The van der Waals surface area contributed by atoms with Crippen molar-refractivity contribution in [3.05, 3.63) is 46.2 Å². The number of anilines is 1. The summed E-state index contributed by atoms with van der Waals surface area (Å²) in [6.07, 6.45) is 0.158. The van der Waals surface area contributed by atoms with E-state index in [-0.39, 0.29) is 29.4 Å². The SMILES string of the molecule is CCN(CC)S(=O)(=O)c1cc(NC(=O)CCC(=O)c2cccs2)ccc1C. The van der Waals surface area contributed by atoms with Crippen LogP contribution in [0.25, 0.3) is 0 Å². The number of Topliss-reactive ketones (excluding diaryl/α,β-unsaturated/α-hetero) is 1. The Bertz CT molecular complexity index is 902. The summed E-state index contributed by atoms with van der Waals surface area (Å²) in [5.41, 5.74) is 1.02. The summed E-state index contributed by atoms with van der Waals surface area (Å²) >= 11 is 1.35. The van der Waals surface area contributed by atoms with Crippen molar-refractivity contribution in [3.8, 4) is 0 Å². The predicted octanol–water partition coefficient (Wildman–Crippen LogP) is 3.69. The zero-order valence-corrected chi connectivity index (χ0v) is 17.3. The maximum atomic E-state index is 12.8. The highest BCUT2D eigenvalue weighted by atomic mass is 32.2. The zero-order valence-electron chi connectivity index (χ0n) is 15.7. The number of carbonyl (C=O) groups excluding carboxylic acids is 2. The number of ketones is 1. The minimum atomic E-state index is -3.62. The molecule has 1 aromatic heterocycles. The number of amides is 1. The monoisotopic (exact) mass is 408 g/mol. The molecule has 1 amide bonds. The number of thiophene rings is 1. The number of nitrogens with one attached hydrogen (secondary N) is 1. The minimum absolute atomic E-state index is 0.0444. The molecule has 1 aromatic carbocycles. The topological polar surface area (TPSA) is 83.6 Å². The standard InChI is InChI=1S/C19H24N2O4S2/c1-4-21(5-2)27(24,25)18-13-15(9-8-14(18)3)20-19(23)11-10-16(22)17-7-6-12-26-17/h6-9,12-13H,4-5,10-11H2,1-3H3,(H,20,23). The van der Waals surface area contributed by atoms with E-state index in [0.29, 0.717) is 29.2 Å². The Labute approximate surface area is 164 Å². The molecule has 0 aliphatic heterocycles. The molecule has 0 aliphatic rings. The quantitative estimate of drug-likeness (QED) is 0.642. The van der Waals surface area contributed by atoms with Crippen molar-refractivity contribution in [3.63, 3.8) is 0 Å². The second kappa shape index (κ2) is 9.25. The van der Waals surface area contributed by atoms with E-state index in [1.807, 2.05) is 5.38 Å². The van der Waals surface area contributed by atoms with Crippen LogP contribution < -0.4 is 5.32 Å². The molecule has 0 fully saturated rings. The van der Waals surface area contributed by atoms with Gasteiger partial charge in [0, 0.05) is 31.6 Å². The molecule has 0 aliphatic carbocycles. The lowest BCUT2D eigenvalue weighted by Crippen LogP contribution is -2.31. The largest absolute Gasteiger partial charge is 0.326 e. The maximum absolute atomic E-state index is 12.8. The van der Waals surface area contributed by atoms with Gasteiger partial charge in [-0.05, 0) is 36.1 Å². The number of nitrogens with zero attached hydrogens (tertiary/aromatic N) is 1. The smallest absolute Gasteiger partial charge is 0.243 e. The van der Waals surface area contributed by atoms with Crippen LogP contribution >= 0.6 is 11.3 Å². The average Bonchev–Trinajstić information content (AvgIpc) is 3.16. The molecule has 0 radical (unpaired) electrons. The van der Waals surface area contributed by atoms with Crippen molar-refractivity contribution >= 4 is 38.7 Å². The molecular formula is C19H24N2O4S2. The van der Waals surface area contributed by atoms with Gasteiger partial charge in [-0.1, -0.05) is 26.0 Å². The molecule has 0 unspecified atom stereocenters. The molecule has 27 heavy (non-hydrogen) atoms. The van der Waals surface area contributed by atoms with Gasteiger partial charge in [-0.3, -0.25) is 9.59 Å². The molecule has 6 nitrogen and oxygen atoms in total. The Morgan fingerprint density at radius 1 is 1.11 bits per heavy atom. The summed E-state index contributed by atoms with van der Waals surface area (Å²) in [6, 6.07) is 8.33. The summed E-state index contributed by atoms with van der Waals surface area (Å²) in [5, 5.41) is 4.50. The number of hydrogen-bond acceptors (Lipinski definition) is 5. The third-order valence-electron chi connectivity index (χ3n) is 4.17. The van der Waals surface area contributed by atoms with Gasteiger partial charge in [0.15, 0.2) is 5.78 Å². The maximum Gasteiger partial charge on any atom is 0.243 e. The Hall–Kier alpha value is -2.03. The second-order valence-electron chi connectivity index (χ2n) is 6.02. The van der Waals surface area contributed by atoms with Gasteiger partial charge >= 0.3 is 0 Å². The number of hydrogen-bond donors (Lipinski definition) is 1. The van der Waals surface area contributed by atoms with E-state index in [4.69, 9.17) is 0 Å². The lowest BCUT2D eigenvalue weighted by Gasteiger charge is -2.20. The number of sulfonamides is 1. The number of aryl methyl sites for hydroxylation is 1. The molecule has 0 saturated carbocycles. The van der Waals surface area contributed by atoms with Crippen LogP contribution in [-0.4, -0.2) is 37.5 Å². The van der Waals surface area contributed by atoms with Gasteiger partial charge in [0.05, 0.1) is 9.77 Å². The van der Waals surface area contributed by atoms with Crippen LogP contribution in [0.15, 0.2) is 40.6 Å². The second-order valence-corrected chi connectivity index (χ2v) is 8.87. The molecule has 1 heterocycles. The van der Waals surface area contributed by atoms with Crippen molar-refractivity contribution in [2.45, 2.75) is 38.5 Å².